The summed E-state index contributed by atoms with van der Waals surface area (Å²) in [6.07, 6.45) is 6.74. The molecule has 1 fully saturated rings. The Morgan fingerprint density at radius 2 is 1.73 bits per heavy atom. The third-order valence-electron chi connectivity index (χ3n) is 3.08. The number of nitrogens with zero attached hydrogens (tertiary/aromatic N) is 2. The van der Waals surface area contributed by atoms with E-state index in [1.54, 1.807) is 11.5 Å². The molecule has 1 aromatic rings. The van der Waals surface area contributed by atoms with Crippen LogP contribution in [0.4, 0.5) is 10.8 Å². The second-order valence-corrected chi connectivity index (χ2v) is 5.00. The van der Waals surface area contributed by atoms with Gasteiger partial charge in [-0.25, -0.2) is 0 Å². The van der Waals surface area contributed by atoms with Crippen molar-refractivity contribution < 1.29 is 0 Å². The summed E-state index contributed by atoms with van der Waals surface area (Å²) in [5.41, 5.74) is 6.96. The lowest BCUT2D eigenvalue weighted by molar-refractivity contribution is 0.558. The van der Waals surface area contributed by atoms with E-state index in [9.17, 15) is 0 Å². The Morgan fingerprint density at radius 1 is 1.13 bits per heavy atom. The van der Waals surface area contributed by atoms with E-state index in [0.29, 0.717) is 5.82 Å². The van der Waals surface area contributed by atoms with Crippen LogP contribution in [0.3, 0.4) is 0 Å². The van der Waals surface area contributed by atoms with Crippen LogP contribution in [0.15, 0.2) is 0 Å². The van der Waals surface area contributed by atoms with E-state index < -0.39 is 0 Å². The molecular formula is C11H19N3S. The molecule has 0 radical (unpaired) electrons. The van der Waals surface area contributed by atoms with Crippen LogP contribution >= 0.6 is 11.5 Å². The minimum absolute atomic E-state index is 0.706. The largest absolute Gasteiger partial charge is 0.383 e. The number of rotatable bonds is 1. The van der Waals surface area contributed by atoms with Crippen LogP contribution in [0.25, 0.3) is 0 Å². The van der Waals surface area contributed by atoms with Crippen molar-refractivity contribution in [3.8, 4) is 0 Å². The van der Waals surface area contributed by atoms with Crippen molar-refractivity contribution >= 4 is 22.4 Å². The molecule has 0 unspecified atom stereocenters. The first-order chi connectivity index (χ1) is 7.29. The summed E-state index contributed by atoms with van der Waals surface area (Å²) in [6.45, 7) is 4.41. The van der Waals surface area contributed by atoms with Gasteiger partial charge in [0.1, 0.15) is 10.8 Å². The van der Waals surface area contributed by atoms with Gasteiger partial charge >= 0.3 is 0 Å². The number of hydrogen-bond donors (Lipinski definition) is 1. The highest BCUT2D eigenvalue weighted by atomic mass is 32.1. The zero-order valence-electron chi connectivity index (χ0n) is 9.33. The van der Waals surface area contributed by atoms with E-state index in [-0.39, 0.29) is 0 Å². The molecule has 0 aliphatic carbocycles. The highest BCUT2D eigenvalue weighted by Gasteiger charge is 2.15. The maximum Gasteiger partial charge on any atom is 0.142 e. The fraction of sp³-hybridized carbons (Fsp3) is 0.727. The van der Waals surface area contributed by atoms with Crippen LogP contribution in [0.1, 0.15) is 37.7 Å². The number of nitrogen functional groups attached to an aromatic ring is 1. The lowest BCUT2D eigenvalue weighted by Gasteiger charge is -2.25. The molecule has 2 heterocycles. The Bertz CT molecular complexity index is 314. The monoisotopic (exact) mass is 225 g/mol. The van der Waals surface area contributed by atoms with Gasteiger partial charge in [0.2, 0.25) is 0 Å². The predicted octanol–water partition coefficient (Wildman–Crippen LogP) is 2.80. The van der Waals surface area contributed by atoms with Crippen molar-refractivity contribution in [1.29, 1.82) is 0 Å². The topological polar surface area (TPSA) is 42.1 Å². The van der Waals surface area contributed by atoms with Crippen molar-refractivity contribution in [3.63, 3.8) is 0 Å². The second-order valence-electron chi connectivity index (χ2n) is 4.25. The van der Waals surface area contributed by atoms with Crippen molar-refractivity contribution in [2.24, 2.45) is 0 Å². The molecule has 4 heteroatoms. The van der Waals surface area contributed by atoms with E-state index in [2.05, 4.69) is 16.2 Å². The van der Waals surface area contributed by atoms with Gasteiger partial charge in [0, 0.05) is 18.7 Å². The van der Waals surface area contributed by atoms with Gasteiger partial charge in [-0.05, 0) is 31.3 Å². The molecule has 1 aromatic heterocycles. The molecule has 0 atom stereocenters. The minimum Gasteiger partial charge on any atom is -0.383 e. The average molecular weight is 225 g/mol. The van der Waals surface area contributed by atoms with Gasteiger partial charge in [-0.15, -0.1) is 0 Å². The standard InChI is InChI=1S/C11H19N3S/c1-9-10(12)13-15-11(9)14-7-5-3-2-4-6-8-14/h2-8H2,1H3,(H2,12,13). The first-order valence-corrected chi connectivity index (χ1v) is 6.53. The van der Waals surface area contributed by atoms with Crippen molar-refractivity contribution in [1.82, 2.24) is 4.37 Å². The molecule has 1 aliphatic rings. The summed E-state index contributed by atoms with van der Waals surface area (Å²) in [7, 11) is 0. The fourth-order valence-electron chi connectivity index (χ4n) is 2.08. The lowest BCUT2D eigenvalue weighted by Crippen LogP contribution is -2.26. The first kappa shape index (κ1) is 10.7. The smallest absolute Gasteiger partial charge is 0.142 e. The molecule has 2 rings (SSSR count). The summed E-state index contributed by atoms with van der Waals surface area (Å²) in [4.78, 5) is 2.46. The zero-order valence-corrected chi connectivity index (χ0v) is 10.1. The van der Waals surface area contributed by atoms with E-state index in [1.165, 1.54) is 55.8 Å². The molecule has 0 aromatic carbocycles. The highest BCUT2D eigenvalue weighted by molar-refractivity contribution is 7.10. The number of aromatic nitrogens is 1. The summed E-state index contributed by atoms with van der Waals surface area (Å²) in [5, 5.41) is 1.29. The van der Waals surface area contributed by atoms with Gasteiger partial charge in [-0.2, -0.15) is 4.37 Å². The average Bonchev–Trinajstić information content (AvgIpc) is 2.48. The van der Waals surface area contributed by atoms with Crippen molar-refractivity contribution in [2.75, 3.05) is 23.7 Å². The summed E-state index contributed by atoms with van der Waals surface area (Å²) < 4.78 is 4.22. The second kappa shape index (κ2) is 4.84. The molecule has 0 bridgehead atoms. The number of hydrogen-bond acceptors (Lipinski definition) is 4. The molecule has 0 spiro atoms. The molecule has 84 valence electrons. The zero-order chi connectivity index (χ0) is 10.7. The van der Waals surface area contributed by atoms with Crippen LogP contribution in [0.2, 0.25) is 0 Å². The Balaban J connectivity index is 2.10. The normalized spacial score (nSPS) is 18.6. The minimum atomic E-state index is 0.706. The molecule has 3 nitrogen and oxygen atoms in total. The van der Waals surface area contributed by atoms with E-state index in [0.717, 1.165) is 0 Å². The highest BCUT2D eigenvalue weighted by Crippen LogP contribution is 2.30. The maximum absolute atomic E-state index is 5.79. The van der Waals surface area contributed by atoms with Gasteiger partial charge in [0.05, 0.1) is 0 Å². The maximum atomic E-state index is 5.79. The number of nitrogens with two attached hydrogens (primary N) is 1. The summed E-state index contributed by atoms with van der Waals surface area (Å²) in [5.74, 6) is 0.706. The molecule has 0 saturated carbocycles. The van der Waals surface area contributed by atoms with Gasteiger partial charge in [-0.3, -0.25) is 0 Å². The third-order valence-corrected chi connectivity index (χ3v) is 4.10. The van der Waals surface area contributed by atoms with Crippen molar-refractivity contribution in [2.45, 2.75) is 39.0 Å². The van der Waals surface area contributed by atoms with Crippen LogP contribution in [-0.4, -0.2) is 17.5 Å². The molecule has 2 N–H and O–H groups in total. The first-order valence-electron chi connectivity index (χ1n) is 5.76. The SMILES string of the molecule is Cc1c(N)nsc1N1CCCCCCC1. The van der Waals surface area contributed by atoms with Crippen LogP contribution in [0.5, 0.6) is 0 Å². The quantitative estimate of drug-likeness (QED) is 0.799. The molecular weight excluding hydrogens is 206 g/mol. The van der Waals surface area contributed by atoms with Gasteiger partial charge in [-0.1, -0.05) is 19.3 Å². The summed E-state index contributed by atoms with van der Waals surface area (Å²) >= 11 is 1.55. The Labute approximate surface area is 95.4 Å². The Morgan fingerprint density at radius 3 is 2.27 bits per heavy atom. The van der Waals surface area contributed by atoms with E-state index in [4.69, 9.17) is 5.73 Å². The molecule has 0 amide bonds. The third kappa shape index (κ3) is 2.43. The lowest BCUT2D eigenvalue weighted by atomic mass is 10.1. The number of anilines is 2. The van der Waals surface area contributed by atoms with Gasteiger partial charge < -0.3 is 10.6 Å². The van der Waals surface area contributed by atoms with Crippen LogP contribution in [-0.2, 0) is 0 Å². The van der Waals surface area contributed by atoms with E-state index in [1.807, 2.05) is 0 Å². The molecule has 1 saturated heterocycles. The van der Waals surface area contributed by atoms with E-state index >= 15 is 0 Å². The van der Waals surface area contributed by atoms with Gasteiger partial charge in [0.15, 0.2) is 0 Å². The molecule has 1 aliphatic heterocycles. The van der Waals surface area contributed by atoms with Crippen LogP contribution < -0.4 is 10.6 Å². The Kier molecular flexibility index (Phi) is 3.46. The van der Waals surface area contributed by atoms with Crippen molar-refractivity contribution in [3.05, 3.63) is 5.56 Å². The fourth-order valence-corrected chi connectivity index (χ4v) is 2.95. The van der Waals surface area contributed by atoms with Gasteiger partial charge in [0.25, 0.3) is 0 Å². The van der Waals surface area contributed by atoms with Crippen LogP contribution in [0, 0.1) is 6.92 Å². The molecule has 15 heavy (non-hydrogen) atoms. The Hall–Kier alpha value is -0.770. The summed E-state index contributed by atoms with van der Waals surface area (Å²) in [6, 6.07) is 0. The predicted molar refractivity (Wildman–Crippen MR) is 66.6 cm³/mol.